The second kappa shape index (κ2) is 8.73. The first-order valence-corrected chi connectivity index (χ1v) is 8.71. The first-order valence-electron chi connectivity index (χ1n) is 8.71. The van der Waals surface area contributed by atoms with E-state index in [-0.39, 0.29) is 31.1 Å². The Labute approximate surface area is 153 Å². The highest BCUT2D eigenvalue weighted by Crippen LogP contribution is 2.24. The van der Waals surface area contributed by atoms with E-state index in [1.165, 1.54) is 6.33 Å². The van der Waals surface area contributed by atoms with E-state index in [0.717, 1.165) is 29.9 Å². The van der Waals surface area contributed by atoms with Gasteiger partial charge in [-0.25, -0.2) is 9.97 Å². The third kappa shape index (κ3) is 4.36. The number of hydrogen-bond donors (Lipinski definition) is 2. The van der Waals surface area contributed by atoms with Crippen molar-refractivity contribution in [2.75, 3.05) is 25.1 Å². The Morgan fingerprint density at radius 1 is 1.35 bits per heavy atom. The number of carbonyl (C=O) groups is 1. The monoisotopic (exact) mass is 356 g/mol. The zero-order valence-corrected chi connectivity index (χ0v) is 14.8. The summed E-state index contributed by atoms with van der Waals surface area (Å²) in [6.45, 7) is 1.19. The lowest BCUT2D eigenvalue weighted by molar-refractivity contribution is -0.120. The van der Waals surface area contributed by atoms with E-state index in [4.69, 9.17) is 4.74 Å². The molecule has 138 valence electrons. The fourth-order valence-corrected chi connectivity index (χ4v) is 3.32. The van der Waals surface area contributed by atoms with Crippen molar-refractivity contribution < 1.29 is 14.6 Å². The van der Waals surface area contributed by atoms with E-state index in [9.17, 15) is 9.90 Å². The molecule has 0 spiro atoms. The molecule has 2 heterocycles. The molecule has 0 bridgehead atoms. The van der Waals surface area contributed by atoms with Gasteiger partial charge in [0.25, 0.3) is 0 Å². The average Bonchev–Trinajstić information content (AvgIpc) is 3.11. The van der Waals surface area contributed by atoms with Crippen molar-refractivity contribution in [3.8, 4) is 0 Å². The Kier molecular flexibility index (Phi) is 6.14. The van der Waals surface area contributed by atoms with Gasteiger partial charge in [-0.15, -0.1) is 0 Å². The minimum atomic E-state index is -0.0664. The smallest absolute Gasteiger partial charge is 0.224 e. The van der Waals surface area contributed by atoms with Crippen molar-refractivity contribution in [2.45, 2.75) is 31.6 Å². The van der Waals surface area contributed by atoms with Crippen LogP contribution in [0.2, 0.25) is 0 Å². The lowest BCUT2D eigenvalue weighted by Gasteiger charge is -2.25. The maximum Gasteiger partial charge on any atom is 0.224 e. The van der Waals surface area contributed by atoms with Crippen LogP contribution in [0.15, 0.2) is 42.9 Å². The predicted octanol–water partition coefficient (Wildman–Crippen LogP) is 0.921. The number of hydrogen-bond acceptors (Lipinski definition) is 6. The topological polar surface area (TPSA) is 87.6 Å². The molecule has 26 heavy (non-hydrogen) atoms. The van der Waals surface area contributed by atoms with Crippen molar-refractivity contribution in [3.63, 3.8) is 0 Å². The minimum Gasteiger partial charge on any atom is -0.392 e. The van der Waals surface area contributed by atoms with Crippen LogP contribution in [0.25, 0.3) is 0 Å². The lowest BCUT2D eigenvalue weighted by atomic mass is 10.0. The van der Waals surface area contributed by atoms with Crippen molar-refractivity contribution in [3.05, 3.63) is 54.0 Å². The zero-order chi connectivity index (χ0) is 18.4. The van der Waals surface area contributed by atoms with Gasteiger partial charge in [0.15, 0.2) is 0 Å². The molecule has 2 N–H and O–H groups in total. The Hall–Kier alpha value is -2.51. The molecule has 0 unspecified atom stereocenters. The first kappa shape index (κ1) is 18.3. The van der Waals surface area contributed by atoms with Gasteiger partial charge < -0.3 is 20.1 Å². The maximum atomic E-state index is 12.4. The molecule has 1 aliphatic heterocycles. The van der Waals surface area contributed by atoms with Gasteiger partial charge in [-0.05, 0) is 23.6 Å². The summed E-state index contributed by atoms with van der Waals surface area (Å²) in [6, 6.07) is 9.42. The number of benzene rings is 1. The number of carbonyl (C=O) groups excluding carboxylic acids is 1. The van der Waals surface area contributed by atoms with E-state index in [1.54, 1.807) is 13.3 Å². The first-order chi connectivity index (χ1) is 12.7. The summed E-state index contributed by atoms with van der Waals surface area (Å²) in [5.41, 5.74) is 1.63. The molecule has 2 atom stereocenters. The molecule has 1 aliphatic rings. The third-order valence-corrected chi connectivity index (χ3v) is 4.74. The molecule has 2 aromatic rings. The summed E-state index contributed by atoms with van der Waals surface area (Å²) < 4.78 is 5.50. The van der Waals surface area contributed by atoms with Gasteiger partial charge in [-0.1, -0.05) is 24.3 Å². The molecule has 1 fully saturated rings. The molecule has 3 rings (SSSR count). The van der Waals surface area contributed by atoms with Crippen LogP contribution >= 0.6 is 0 Å². The van der Waals surface area contributed by atoms with Gasteiger partial charge in [0, 0.05) is 26.4 Å². The molecule has 1 aromatic heterocycles. The number of nitrogens with zero attached hydrogens (tertiary/aromatic N) is 3. The van der Waals surface area contributed by atoms with E-state index in [0.29, 0.717) is 6.54 Å². The van der Waals surface area contributed by atoms with E-state index < -0.39 is 0 Å². The lowest BCUT2D eigenvalue weighted by Crippen LogP contribution is -2.41. The van der Waals surface area contributed by atoms with Gasteiger partial charge in [-0.2, -0.15) is 0 Å². The van der Waals surface area contributed by atoms with Crippen LogP contribution in [-0.2, 0) is 22.6 Å². The number of rotatable bonds is 7. The Morgan fingerprint density at radius 2 is 2.15 bits per heavy atom. The van der Waals surface area contributed by atoms with Crippen LogP contribution in [0.1, 0.15) is 17.5 Å². The quantitative estimate of drug-likeness (QED) is 0.767. The van der Waals surface area contributed by atoms with Crippen LogP contribution in [-0.4, -0.2) is 53.3 Å². The number of aliphatic hydroxyl groups is 1. The predicted molar refractivity (Wildman–Crippen MR) is 97.7 cm³/mol. The average molecular weight is 356 g/mol. The summed E-state index contributed by atoms with van der Waals surface area (Å²) in [7, 11) is 1.70. The Balaban J connectivity index is 1.61. The molecule has 0 aliphatic carbocycles. The van der Waals surface area contributed by atoms with E-state index in [1.807, 2.05) is 30.3 Å². The maximum absolute atomic E-state index is 12.4. The molecule has 7 heteroatoms. The number of aliphatic hydroxyl groups excluding tert-OH is 1. The number of methoxy groups -OCH3 is 1. The summed E-state index contributed by atoms with van der Waals surface area (Å²) in [6.07, 6.45) is 4.43. The highest BCUT2D eigenvalue weighted by molar-refractivity contribution is 5.79. The highest BCUT2D eigenvalue weighted by Gasteiger charge is 2.33. The highest BCUT2D eigenvalue weighted by atomic mass is 16.5. The van der Waals surface area contributed by atoms with Gasteiger partial charge in [-0.3, -0.25) is 4.79 Å². The van der Waals surface area contributed by atoms with Crippen molar-refractivity contribution in [2.24, 2.45) is 0 Å². The largest absolute Gasteiger partial charge is 0.392 e. The molecule has 1 amide bonds. The third-order valence-electron chi connectivity index (χ3n) is 4.74. The van der Waals surface area contributed by atoms with Gasteiger partial charge in [0.1, 0.15) is 12.1 Å². The summed E-state index contributed by atoms with van der Waals surface area (Å²) >= 11 is 0. The molecule has 1 saturated heterocycles. The number of nitrogens with one attached hydrogen (secondary N) is 1. The molecule has 0 radical (unpaired) electrons. The molecular weight excluding hydrogens is 332 g/mol. The number of aromatic nitrogens is 2. The Morgan fingerprint density at radius 3 is 2.85 bits per heavy atom. The summed E-state index contributed by atoms with van der Waals surface area (Å²) in [4.78, 5) is 22.8. The molecule has 1 aromatic carbocycles. The van der Waals surface area contributed by atoms with Crippen molar-refractivity contribution in [1.82, 2.24) is 15.3 Å². The van der Waals surface area contributed by atoms with Crippen LogP contribution in [0.4, 0.5) is 5.82 Å². The van der Waals surface area contributed by atoms with Crippen LogP contribution in [0.3, 0.4) is 0 Å². The summed E-state index contributed by atoms with van der Waals surface area (Å²) in [5, 5.41) is 12.4. The fraction of sp³-hybridized carbons (Fsp3) is 0.421. The SMILES string of the molecule is CO[C@@H]1C[C@H](CNC(=O)Cc2ccccc2CO)N(c2ccncn2)C1. The van der Waals surface area contributed by atoms with Gasteiger partial charge in [0.2, 0.25) is 5.91 Å². The second-order valence-electron chi connectivity index (χ2n) is 6.37. The van der Waals surface area contributed by atoms with E-state index in [2.05, 4.69) is 20.2 Å². The molecule has 7 nitrogen and oxygen atoms in total. The van der Waals surface area contributed by atoms with Crippen LogP contribution < -0.4 is 10.2 Å². The number of amides is 1. The summed E-state index contributed by atoms with van der Waals surface area (Å²) in [5.74, 6) is 0.777. The van der Waals surface area contributed by atoms with Crippen molar-refractivity contribution >= 4 is 11.7 Å². The Bertz CT molecular complexity index is 726. The van der Waals surface area contributed by atoms with Crippen molar-refractivity contribution in [1.29, 1.82) is 0 Å². The van der Waals surface area contributed by atoms with Crippen LogP contribution in [0, 0.1) is 0 Å². The van der Waals surface area contributed by atoms with Crippen LogP contribution in [0.5, 0.6) is 0 Å². The minimum absolute atomic E-state index is 0.0607. The normalized spacial score (nSPS) is 19.5. The standard InChI is InChI=1S/C19H24N4O3/c1-26-17-9-16(23(11-17)18-6-7-20-13-22-18)10-21-19(25)8-14-4-2-3-5-15(14)12-24/h2-7,13,16-17,24H,8-12H2,1H3,(H,21,25)/t16-,17-/m1/s1. The second-order valence-corrected chi connectivity index (χ2v) is 6.37. The zero-order valence-electron chi connectivity index (χ0n) is 14.8. The molecule has 0 saturated carbocycles. The number of ether oxygens (including phenoxy) is 1. The number of anilines is 1. The fourth-order valence-electron chi connectivity index (χ4n) is 3.32. The molecular formula is C19H24N4O3. The van der Waals surface area contributed by atoms with Gasteiger partial charge in [0.05, 0.1) is 25.2 Å². The van der Waals surface area contributed by atoms with E-state index >= 15 is 0 Å². The van der Waals surface area contributed by atoms with Gasteiger partial charge >= 0.3 is 0 Å².